The fourth-order valence-electron chi connectivity index (χ4n) is 3.92. The number of hydrogen-bond acceptors (Lipinski definition) is 6. The van der Waals surface area contributed by atoms with Crippen molar-refractivity contribution in [3.63, 3.8) is 0 Å². The molecule has 7 nitrogen and oxygen atoms in total. The van der Waals surface area contributed by atoms with Crippen LogP contribution in [0.5, 0.6) is 0 Å². The lowest BCUT2D eigenvalue weighted by Gasteiger charge is -2.29. The Labute approximate surface area is 177 Å². The van der Waals surface area contributed by atoms with E-state index in [0.29, 0.717) is 60.5 Å². The van der Waals surface area contributed by atoms with E-state index in [1.54, 1.807) is 34.7 Å². The highest BCUT2D eigenvalue weighted by Gasteiger charge is 2.22. The topological polar surface area (TPSA) is 82.1 Å². The van der Waals surface area contributed by atoms with Crippen molar-refractivity contribution in [2.75, 3.05) is 36.9 Å². The van der Waals surface area contributed by atoms with Crippen LogP contribution in [0.15, 0.2) is 42.6 Å². The number of nitrogen functional groups attached to an aromatic ring is 1. The van der Waals surface area contributed by atoms with Gasteiger partial charge in [0.1, 0.15) is 22.8 Å². The molecule has 158 valence electrons. The first-order valence-corrected chi connectivity index (χ1v) is 9.91. The summed E-state index contributed by atoms with van der Waals surface area (Å²) in [7, 11) is 0. The number of fused-ring (bicyclic) bond motifs is 1. The van der Waals surface area contributed by atoms with Gasteiger partial charge < -0.3 is 15.4 Å². The van der Waals surface area contributed by atoms with Gasteiger partial charge in [-0.25, -0.2) is 23.7 Å². The van der Waals surface area contributed by atoms with Gasteiger partial charge in [-0.05, 0) is 31.2 Å². The van der Waals surface area contributed by atoms with Crippen molar-refractivity contribution in [2.24, 2.45) is 0 Å². The average Bonchev–Trinajstić information content (AvgIpc) is 3.09. The number of hydrogen-bond donors (Lipinski definition) is 1. The first kappa shape index (κ1) is 19.4. The first-order chi connectivity index (χ1) is 15.0. The minimum absolute atomic E-state index is 0.0324. The molecule has 0 bridgehead atoms. The van der Waals surface area contributed by atoms with Gasteiger partial charge in [0.15, 0.2) is 17.3 Å². The second-order valence-electron chi connectivity index (χ2n) is 7.36. The Morgan fingerprint density at radius 1 is 1.00 bits per heavy atom. The summed E-state index contributed by atoms with van der Waals surface area (Å²) in [5, 5.41) is 0. The molecule has 3 aromatic heterocycles. The molecule has 9 heteroatoms. The van der Waals surface area contributed by atoms with E-state index in [0.717, 1.165) is 5.56 Å². The third-order valence-corrected chi connectivity index (χ3v) is 5.34. The van der Waals surface area contributed by atoms with Crippen molar-refractivity contribution in [1.82, 2.24) is 19.5 Å². The van der Waals surface area contributed by atoms with Crippen molar-refractivity contribution >= 4 is 22.7 Å². The predicted octanol–water partition coefficient (Wildman–Crippen LogP) is 3.49. The fourth-order valence-corrected chi connectivity index (χ4v) is 3.92. The molecule has 1 aliphatic rings. The lowest BCUT2D eigenvalue weighted by atomic mass is 10.1. The smallest absolute Gasteiger partial charge is 0.165 e. The summed E-state index contributed by atoms with van der Waals surface area (Å²) >= 11 is 0. The molecular formula is C22H20F2N6O. The van der Waals surface area contributed by atoms with Gasteiger partial charge in [0.2, 0.25) is 0 Å². The van der Waals surface area contributed by atoms with Gasteiger partial charge in [-0.3, -0.25) is 4.57 Å². The molecule has 1 aromatic carbocycles. The molecule has 0 aliphatic carbocycles. The number of halogens is 2. The monoisotopic (exact) mass is 422 g/mol. The van der Waals surface area contributed by atoms with E-state index in [1.165, 1.54) is 12.1 Å². The van der Waals surface area contributed by atoms with Gasteiger partial charge in [-0.1, -0.05) is 0 Å². The summed E-state index contributed by atoms with van der Waals surface area (Å²) in [4.78, 5) is 14.9. The van der Waals surface area contributed by atoms with E-state index < -0.39 is 11.6 Å². The number of aromatic nitrogens is 4. The zero-order valence-corrected chi connectivity index (χ0v) is 16.8. The lowest BCUT2D eigenvalue weighted by molar-refractivity contribution is 0.122. The zero-order chi connectivity index (χ0) is 21.5. The maximum Gasteiger partial charge on any atom is 0.165 e. The summed E-state index contributed by atoms with van der Waals surface area (Å²) in [6.07, 6.45) is 1.61. The average molecular weight is 422 g/mol. The van der Waals surface area contributed by atoms with Gasteiger partial charge in [0.25, 0.3) is 0 Å². The third-order valence-electron chi connectivity index (χ3n) is 5.34. The van der Waals surface area contributed by atoms with Crippen LogP contribution in [-0.4, -0.2) is 45.8 Å². The second kappa shape index (κ2) is 7.59. The minimum atomic E-state index is -0.629. The van der Waals surface area contributed by atoms with Gasteiger partial charge in [-0.2, -0.15) is 0 Å². The Hall–Kier alpha value is -3.59. The minimum Gasteiger partial charge on any atom is -0.384 e. The Kier molecular flexibility index (Phi) is 4.74. The molecule has 5 rings (SSSR count). The molecule has 1 aliphatic heterocycles. The quantitative estimate of drug-likeness (QED) is 0.544. The molecule has 4 aromatic rings. The highest BCUT2D eigenvalue weighted by Crippen LogP contribution is 2.30. The molecule has 2 N–H and O–H groups in total. The van der Waals surface area contributed by atoms with E-state index >= 15 is 8.78 Å². The Morgan fingerprint density at radius 3 is 2.45 bits per heavy atom. The van der Waals surface area contributed by atoms with Crippen molar-refractivity contribution < 1.29 is 13.5 Å². The van der Waals surface area contributed by atoms with E-state index in [-0.39, 0.29) is 5.69 Å². The molecule has 0 spiro atoms. The number of imidazole rings is 1. The summed E-state index contributed by atoms with van der Waals surface area (Å²) in [5.74, 6) is -0.300. The van der Waals surface area contributed by atoms with Gasteiger partial charge in [0, 0.05) is 37.0 Å². The van der Waals surface area contributed by atoms with Gasteiger partial charge in [0.05, 0.1) is 24.6 Å². The lowest BCUT2D eigenvalue weighted by Crippen LogP contribution is -2.37. The number of nitrogens with two attached hydrogens (primary N) is 1. The molecule has 31 heavy (non-hydrogen) atoms. The van der Waals surface area contributed by atoms with Crippen LogP contribution in [0, 0.1) is 18.6 Å². The van der Waals surface area contributed by atoms with E-state index in [9.17, 15) is 0 Å². The normalized spacial score (nSPS) is 14.4. The van der Waals surface area contributed by atoms with Crippen LogP contribution in [0.3, 0.4) is 0 Å². The summed E-state index contributed by atoms with van der Waals surface area (Å²) in [6.45, 7) is 3.55. The highest BCUT2D eigenvalue weighted by atomic mass is 19.1. The van der Waals surface area contributed by atoms with Crippen molar-refractivity contribution in [3.8, 4) is 16.9 Å². The number of nitrogens with zero attached hydrogens (tertiary/aromatic N) is 5. The standard InChI is InChI=1S/C22H20F2N6O/c1-13-27-19-3-2-18(14-4-5-26-20(25)10-14)28-22(19)30(13)15-11-16(23)21(17(24)12-15)29-6-8-31-9-7-29/h2-5,10-12H,6-9H2,1H3,(H2,25,26). The van der Waals surface area contributed by atoms with Crippen LogP contribution in [0.2, 0.25) is 0 Å². The largest absolute Gasteiger partial charge is 0.384 e. The Morgan fingerprint density at radius 2 is 1.74 bits per heavy atom. The number of ether oxygens (including phenoxy) is 1. The molecule has 0 saturated carbocycles. The number of benzene rings is 1. The summed E-state index contributed by atoms with van der Waals surface area (Å²) in [6, 6.07) is 9.82. The predicted molar refractivity (Wildman–Crippen MR) is 114 cm³/mol. The second-order valence-corrected chi connectivity index (χ2v) is 7.36. The summed E-state index contributed by atoms with van der Waals surface area (Å²) < 4.78 is 37.0. The SMILES string of the molecule is Cc1nc2ccc(-c3ccnc(N)c3)nc2n1-c1cc(F)c(N2CCOCC2)c(F)c1. The van der Waals surface area contributed by atoms with Gasteiger partial charge in [-0.15, -0.1) is 0 Å². The van der Waals surface area contributed by atoms with Crippen LogP contribution in [-0.2, 0) is 4.74 Å². The Balaban J connectivity index is 1.63. The number of aryl methyl sites for hydroxylation is 1. The van der Waals surface area contributed by atoms with Crippen molar-refractivity contribution in [1.29, 1.82) is 0 Å². The highest BCUT2D eigenvalue weighted by molar-refractivity contribution is 5.78. The van der Waals surface area contributed by atoms with Crippen molar-refractivity contribution in [2.45, 2.75) is 6.92 Å². The van der Waals surface area contributed by atoms with Gasteiger partial charge >= 0.3 is 0 Å². The number of pyridine rings is 2. The van der Waals surface area contributed by atoms with E-state index in [1.807, 2.05) is 12.1 Å². The van der Waals surface area contributed by atoms with Crippen LogP contribution in [0.25, 0.3) is 28.1 Å². The molecule has 0 atom stereocenters. The molecule has 1 fully saturated rings. The van der Waals surface area contributed by atoms with Crippen LogP contribution >= 0.6 is 0 Å². The number of anilines is 2. The fraction of sp³-hybridized carbons (Fsp3) is 0.227. The summed E-state index contributed by atoms with van der Waals surface area (Å²) in [5.41, 5.74) is 8.67. The molecule has 0 unspecified atom stereocenters. The number of rotatable bonds is 3. The zero-order valence-electron chi connectivity index (χ0n) is 16.8. The molecule has 0 amide bonds. The molecule has 1 saturated heterocycles. The van der Waals surface area contributed by atoms with Crippen LogP contribution in [0.4, 0.5) is 20.3 Å². The van der Waals surface area contributed by atoms with Crippen LogP contribution < -0.4 is 10.6 Å². The van der Waals surface area contributed by atoms with Crippen LogP contribution in [0.1, 0.15) is 5.82 Å². The van der Waals surface area contributed by atoms with E-state index in [4.69, 9.17) is 15.5 Å². The molecular weight excluding hydrogens is 402 g/mol. The maximum atomic E-state index is 15.0. The molecule has 4 heterocycles. The Bertz CT molecular complexity index is 1260. The number of morpholine rings is 1. The first-order valence-electron chi connectivity index (χ1n) is 9.91. The van der Waals surface area contributed by atoms with Crippen molar-refractivity contribution in [3.05, 3.63) is 60.1 Å². The maximum absolute atomic E-state index is 15.0. The molecule has 0 radical (unpaired) electrons. The van der Waals surface area contributed by atoms with E-state index in [2.05, 4.69) is 9.97 Å². The third kappa shape index (κ3) is 3.46.